The van der Waals surface area contributed by atoms with Gasteiger partial charge in [-0.25, -0.2) is 4.79 Å². The van der Waals surface area contributed by atoms with E-state index in [1.165, 1.54) is 111 Å². The molecule has 0 aromatic rings. The van der Waals surface area contributed by atoms with Gasteiger partial charge in [-0.3, -0.25) is 76.7 Å². The first-order valence-corrected chi connectivity index (χ1v) is 28.4. The predicted molar refractivity (Wildman–Crippen MR) is 312 cm³/mol. The van der Waals surface area contributed by atoms with Crippen molar-refractivity contribution in [1.82, 2.24) is 85.1 Å². The Balaban J connectivity index is 5.01. The van der Waals surface area contributed by atoms with Gasteiger partial charge in [0.15, 0.2) is 0 Å². The van der Waals surface area contributed by atoms with E-state index in [-0.39, 0.29) is 6.42 Å². The van der Waals surface area contributed by atoms with E-state index >= 15 is 0 Å². The maximum Gasteiger partial charge on any atom is 0.326 e. The van der Waals surface area contributed by atoms with E-state index in [4.69, 9.17) is 5.73 Å². The number of rotatable bonds is 36. The molecule has 0 radical (unpaired) electrons. The lowest BCUT2D eigenvalue weighted by Gasteiger charge is -2.24. The summed E-state index contributed by atoms with van der Waals surface area (Å²) in [7, 11) is 0. The van der Waals surface area contributed by atoms with E-state index in [9.17, 15) is 86.6 Å². The SMILES string of the molecule is CC(=O)N[C@@H](C)C(=O)N[C@@H](C)C(=O)N[C@@H](C)C(=O)N[C@@H](C)C(=O)N[C@@H](C)C(=O)N[C@@H](C)C(=O)N[C@@H](C)C(=O)N[C@@H](C)C(=O)N[C@@H](C)C(=O)N[C@@H](C)C(=O)N[C@@H](C)C(=O)N[C@@H](C)C(=O)N[C@@H](C)C(=O)N[C@@H](C)C(=O)N[C@@H](C)C(=O)N[C@@H](CCCCN)C(=O)O. The first-order chi connectivity index (χ1) is 40.6. The van der Waals surface area contributed by atoms with Crippen LogP contribution in [0, 0.1) is 0 Å². The van der Waals surface area contributed by atoms with Crippen LogP contribution in [0.15, 0.2) is 0 Å². The van der Waals surface area contributed by atoms with Crippen LogP contribution >= 0.6 is 0 Å². The van der Waals surface area contributed by atoms with Gasteiger partial charge >= 0.3 is 5.97 Å². The molecule has 0 aliphatic carbocycles. The predicted octanol–water partition coefficient (Wildman–Crippen LogP) is -7.72. The van der Waals surface area contributed by atoms with Gasteiger partial charge < -0.3 is 95.9 Å². The molecule has 0 spiro atoms. The lowest BCUT2D eigenvalue weighted by molar-refractivity contribution is -0.142. The van der Waals surface area contributed by atoms with Crippen molar-refractivity contribution in [3.8, 4) is 0 Å². The summed E-state index contributed by atoms with van der Waals surface area (Å²) in [6, 6.07) is -19.4. The average molecular weight is 1250 g/mol. The highest BCUT2D eigenvalue weighted by molar-refractivity contribution is 6.00. The molecule has 16 amide bonds. The van der Waals surface area contributed by atoms with Crippen molar-refractivity contribution in [2.24, 2.45) is 5.73 Å². The number of hydrogen-bond donors (Lipinski definition) is 18. The molecule has 0 saturated carbocycles. The summed E-state index contributed by atoms with van der Waals surface area (Å²) in [5.41, 5.74) is 5.44. The topological polar surface area (TPSA) is 529 Å². The molecule has 0 heterocycles. The van der Waals surface area contributed by atoms with Crippen LogP contribution in [0.25, 0.3) is 0 Å². The Morgan fingerprint density at radius 1 is 0.250 bits per heavy atom. The Hall–Kier alpha value is -9.05. The van der Waals surface area contributed by atoms with Crippen LogP contribution in [0.3, 0.4) is 0 Å². The molecule has 35 nitrogen and oxygen atoms in total. The van der Waals surface area contributed by atoms with Crippen LogP contribution in [-0.4, -0.2) is 209 Å². The summed E-state index contributed by atoms with van der Waals surface area (Å²) in [6.45, 7) is 21.1. The second-order valence-corrected chi connectivity index (χ2v) is 21.3. The zero-order valence-corrected chi connectivity index (χ0v) is 52.5. The van der Waals surface area contributed by atoms with Crippen LogP contribution in [0.1, 0.15) is 130 Å². The van der Waals surface area contributed by atoms with Crippen molar-refractivity contribution in [3.05, 3.63) is 0 Å². The molecular weight excluding hydrogens is 1160 g/mol. The van der Waals surface area contributed by atoms with Crippen LogP contribution in [0.5, 0.6) is 0 Å². The number of carboxylic acid groups (broad SMARTS) is 1. The average Bonchev–Trinajstić information content (AvgIpc) is 3.56. The van der Waals surface area contributed by atoms with E-state index in [0.29, 0.717) is 19.4 Å². The highest BCUT2D eigenvalue weighted by atomic mass is 16.4. The molecular formula is C53H91N17O18. The van der Waals surface area contributed by atoms with Crippen LogP contribution in [0.2, 0.25) is 0 Å². The molecule has 88 heavy (non-hydrogen) atoms. The quantitative estimate of drug-likeness (QED) is 0.0259. The van der Waals surface area contributed by atoms with Crippen molar-refractivity contribution in [2.75, 3.05) is 6.54 Å². The molecule has 0 aliphatic heterocycles. The first kappa shape index (κ1) is 79.0. The smallest absolute Gasteiger partial charge is 0.326 e. The Bertz CT molecular complexity index is 2570. The van der Waals surface area contributed by atoms with Gasteiger partial charge in [-0.15, -0.1) is 0 Å². The van der Waals surface area contributed by atoms with Crippen molar-refractivity contribution in [2.45, 2.75) is 227 Å². The molecule has 0 unspecified atom stereocenters. The molecule has 35 heteroatoms. The summed E-state index contributed by atoms with van der Waals surface area (Å²) < 4.78 is 0. The largest absolute Gasteiger partial charge is 0.480 e. The number of aliphatic carboxylic acids is 1. The molecule has 16 atom stereocenters. The Labute approximate surface area is 509 Å². The summed E-state index contributed by atoms with van der Waals surface area (Å²) in [6.07, 6.45) is 1.12. The lowest BCUT2D eigenvalue weighted by atomic mass is 10.1. The lowest BCUT2D eigenvalue weighted by Crippen LogP contribution is -2.59. The molecule has 0 aromatic heterocycles. The van der Waals surface area contributed by atoms with E-state index in [1.807, 2.05) is 0 Å². The molecule has 19 N–H and O–H groups in total. The third-order valence-electron chi connectivity index (χ3n) is 12.9. The summed E-state index contributed by atoms with van der Waals surface area (Å²) in [5, 5.41) is 47.4. The molecule has 0 bridgehead atoms. The normalized spacial score (nSPS) is 16.3. The van der Waals surface area contributed by atoms with Gasteiger partial charge in [-0.2, -0.15) is 0 Å². The number of nitrogens with one attached hydrogen (secondary N) is 16. The van der Waals surface area contributed by atoms with Crippen LogP contribution < -0.4 is 90.8 Å². The molecule has 0 rings (SSSR count). The second-order valence-electron chi connectivity index (χ2n) is 21.3. The number of carbonyl (C=O) groups is 17. The Kier molecular flexibility index (Phi) is 34.3. The summed E-state index contributed by atoms with van der Waals surface area (Å²) in [4.78, 5) is 215. The molecule has 0 aliphatic rings. The van der Waals surface area contributed by atoms with Crippen molar-refractivity contribution in [1.29, 1.82) is 0 Å². The number of unbranched alkanes of at least 4 members (excludes halogenated alkanes) is 1. The highest BCUT2D eigenvalue weighted by Crippen LogP contribution is 2.03. The maximum absolute atomic E-state index is 13.0. The van der Waals surface area contributed by atoms with Crippen molar-refractivity contribution in [3.63, 3.8) is 0 Å². The fourth-order valence-electron chi connectivity index (χ4n) is 7.07. The standard InChI is InChI=1S/C53H91N17O18/c1-21(55-36(16)71)38(72)56-22(2)39(73)57-23(3)40(74)58-24(4)41(75)59-25(5)42(76)60-26(6)43(77)61-27(7)44(78)62-28(8)45(79)63-29(9)46(80)64-30(10)47(81)65-31(11)48(82)66-32(12)49(83)67-33(13)50(84)68-34(14)51(85)69-35(15)52(86)70-37(53(87)88)19-17-18-20-54/h21-35,37H,17-20,54H2,1-16H3,(H,55,71)(H,56,72)(H,57,73)(H,58,74)(H,59,75)(H,60,76)(H,61,77)(H,62,78)(H,63,79)(H,64,80)(H,65,81)(H,66,82)(H,67,83)(H,68,84)(H,69,85)(H,70,86)(H,87,88)/t21-,22-,23-,24-,25-,26-,27-,28-,29-,30-,31-,32-,33-,34-,35-,37-/m0/s1. The fourth-order valence-corrected chi connectivity index (χ4v) is 7.07. The van der Waals surface area contributed by atoms with Crippen LogP contribution in [0.4, 0.5) is 0 Å². The molecule has 0 aromatic carbocycles. The zero-order chi connectivity index (χ0) is 68.2. The Morgan fingerprint density at radius 3 is 0.511 bits per heavy atom. The fraction of sp³-hybridized carbons (Fsp3) is 0.679. The van der Waals surface area contributed by atoms with Gasteiger partial charge in [0.2, 0.25) is 94.5 Å². The first-order valence-electron chi connectivity index (χ1n) is 28.4. The number of hydrogen-bond acceptors (Lipinski definition) is 18. The van der Waals surface area contributed by atoms with Crippen molar-refractivity contribution >= 4 is 100 Å². The third kappa shape index (κ3) is 28.9. The Morgan fingerprint density at radius 2 is 0.386 bits per heavy atom. The van der Waals surface area contributed by atoms with Crippen LogP contribution in [-0.2, 0) is 81.5 Å². The number of carboxylic acids is 1. The van der Waals surface area contributed by atoms with Crippen molar-refractivity contribution < 1.29 is 86.6 Å². The number of nitrogens with two attached hydrogens (primary N) is 1. The van der Waals surface area contributed by atoms with Gasteiger partial charge in [-0.1, -0.05) is 0 Å². The molecule has 0 saturated heterocycles. The summed E-state index contributed by atoms with van der Waals surface area (Å²) in [5.74, 6) is -13.8. The number of carbonyl (C=O) groups excluding carboxylic acids is 16. The highest BCUT2D eigenvalue weighted by Gasteiger charge is 2.32. The molecule has 496 valence electrons. The van der Waals surface area contributed by atoms with Gasteiger partial charge in [0.25, 0.3) is 0 Å². The minimum Gasteiger partial charge on any atom is -0.480 e. The minimum atomic E-state index is -1.28. The van der Waals surface area contributed by atoms with E-state index in [0.717, 1.165) is 0 Å². The second kappa shape index (κ2) is 38.2. The maximum atomic E-state index is 13.0. The van der Waals surface area contributed by atoms with Gasteiger partial charge in [0.05, 0.1) is 0 Å². The minimum absolute atomic E-state index is 0.122. The number of amides is 16. The van der Waals surface area contributed by atoms with Gasteiger partial charge in [0.1, 0.15) is 96.7 Å². The summed E-state index contributed by atoms with van der Waals surface area (Å²) >= 11 is 0. The zero-order valence-electron chi connectivity index (χ0n) is 52.5. The van der Waals surface area contributed by atoms with Gasteiger partial charge in [-0.05, 0) is 130 Å². The molecule has 0 fully saturated rings. The van der Waals surface area contributed by atoms with E-state index in [2.05, 4.69) is 85.1 Å². The monoisotopic (exact) mass is 1250 g/mol. The van der Waals surface area contributed by atoms with Gasteiger partial charge in [0, 0.05) is 6.92 Å². The van der Waals surface area contributed by atoms with E-state index < -0.39 is 197 Å². The van der Waals surface area contributed by atoms with E-state index in [1.54, 1.807) is 0 Å². The third-order valence-corrected chi connectivity index (χ3v) is 12.9.